The van der Waals surface area contributed by atoms with Crippen molar-refractivity contribution < 1.29 is 4.74 Å². The van der Waals surface area contributed by atoms with Crippen LogP contribution in [-0.4, -0.2) is 35.3 Å². The van der Waals surface area contributed by atoms with Gasteiger partial charge in [0.2, 0.25) is 5.95 Å². The van der Waals surface area contributed by atoms with Crippen LogP contribution in [0.15, 0.2) is 4.79 Å². The Hall–Kier alpha value is -1.76. The molecular formula is C10H17N5O2. The number of hydrogen-bond acceptors (Lipinski definition) is 6. The number of fused-ring (bicyclic) bond motifs is 1. The minimum absolute atomic E-state index is 0.0522. The fourth-order valence-electron chi connectivity index (χ4n) is 1.64. The zero-order valence-corrected chi connectivity index (χ0v) is 9.91. The first kappa shape index (κ1) is 11.7. The van der Waals surface area contributed by atoms with Gasteiger partial charge in [-0.15, -0.1) is 0 Å². The number of aromatic nitrogens is 2. The quantitative estimate of drug-likeness (QED) is 0.591. The molecule has 1 atom stereocenters. The summed E-state index contributed by atoms with van der Waals surface area (Å²) in [7, 11) is 0. The van der Waals surface area contributed by atoms with Crippen LogP contribution in [0.2, 0.25) is 0 Å². The number of nitrogen functional groups attached to an aromatic ring is 1. The highest BCUT2D eigenvalue weighted by atomic mass is 16.5. The van der Waals surface area contributed by atoms with Gasteiger partial charge in [0, 0.05) is 6.54 Å². The molecule has 1 aromatic heterocycles. The summed E-state index contributed by atoms with van der Waals surface area (Å²) in [5.41, 5.74) is 5.61. The maximum absolute atomic E-state index is 11.6. The Balaban J connectivity index is 2.11. The van der Waals surface area contributed by atoms with E-state index in [2.05, 4.69) is 20.6 Å². The van der Waals surface area contributed by atoms with E-state index in [-0.39, 0.29) is 23.7 Å². The van der Waals surface area contributed by atoms with Gasteiger partial charge in [0.1, 0.15) is 5.69 Å². The van der Waals surface area contributed by atoms with E-state index in [4.69, 9.17) is 10.5 Å². The summed E-state index contributed by atoms with van der Waals surface area (Å²) in [5.74, 6) is 0.604. The molecular weight excluding hydrogens is 222 g/mol. The Morgan fingerprint density at radius 3 is 3.06 bits per heavy atom. The SMILES string of the molecule is CC(C)OCC1CNc2nc(N)[nH]c(=O)c2N1. The molecule has 7 nitrogen and oxygen atoms in total. The molecule has 5 N–H and O–H groups in total. The third-order valence-electron chi connectivity index (χ3n) is 2.43. The third kappa shape index (κ3) is 2.68. The molecule has 7 heteroatoms. The van der Waals surface area contributed by atoms with Crippen LogP contribution in [0, 0.1) is 0 Å². The van der Waals surface area contributed by atoms with E-state index in [9.17, 15) is 4.79 Å². The highest BCUT2D eigenvalue weighted by Crippen LogP contribution is 2.19. The van der Waals surface area contributed by atoms with Gasteiger partial charge in [-0.25, -0.2) is 0 Å². The Labute approximate surface area is 98.8 Å². The van der Waals surface area contributed by atoms with Crippen LogP contribution < -0.4 is 21.9 Å². The predicted molar refractivity (Wildman–Crippen MR) is 66.3 cm³/mol. The van der Waals surface area contributed by atoms with Crippen LogP contribution in [0.5, 0.6) is 0 Å². The first-order valence-electron chi connectivity index (χ1n) is 5.58. The highest BCUT2D eigenvalue weighted by molar-refractivity contribution is 5.67. The second-order valence-corrected chi connectivity index (χ2v) is 4.28. The molecule has 0 saturated heterocycles. The molecule has 0 amide bonds. The lowest BCUT2D eigenvalue weighted by Gasteiger charge is -2.27. The lowest BCUT2D eigenvalue weighted by atomic mass is 10.2. The summed E-state index contributed by atoms with van der Waals surface area (Å²) >= 11 is 0. The molecule has 94 valence electrons. The number of anilines is 3. The summed E-state index contributed by atoms with van der Waals surface area (Å²) < 4.78 is 5.50. The molecule has 1 unspecified atom stereocenters. The van der Waals surface area contributed by atoms with Crippen molar-refractivity contribution in [2.75, 3.05) is 29.5 Å². The molecule has 1 aliphatic rings. The largest absolute Gasteiger partial charge is 0.377 e. The molecule has 0 spiro atoms. The van der Waals surface area contributed by atoms with Crippen molar-refractivity contribution in [3.63, 3.8) is 0 Å². The first-order valence-corrected chi connectivity index (χ1v) is 5.58. The summed E-state index contributed by atoms with van der Waals surface area (Å²) in [6.07, 6.45) is 0.168. The van der Waals surface area contributed by atoms with Crippen LogP contribution in [0.25, 0.3) is 0 Å². The molecule has 1 aliphatic heterocycles. The van der Waals surface area contributed by atoms with E-state index in [1.807, 2.05) is 13.8 Å². The van der Waals surface area contributed by atoms with Gasteiger partial charge in [-0.2, -0.15) is 4.98 Å². The van der Waals surface area contributed by atoms with Crippen LogP contribution in [0.1, 0.15) is 13.8 Å². The van der Waals surface area contributed by atoms with Crippen molar-refractivity contribution >= 4 is 17.5 Å². The van der Waals surface area contributed by atoms with E-state index < -0.39 is 0 Å². The van der Waals surface area contributed by atoms with Crippen LogP contribution in [-0.2, 0) is 4.74 Å². The number of aromatic amines is 1. The average Bonchev–Trinajstić information content (AvgIpc) is 2.26. The van der Waals surface area contributed by atoms with Gasteiger partial charge in [-0.05, 0) is 13.8 Å². The number of nitrogens with one attached hydrogen (secondary N) is 3. The van der Waals surface area contributed by atoms with E-state index in [0.717, 1.165) is 0 Å². The number of H-pyrrole nitrogens is 1. The minimum atomic E-state index is -0.269. The van der Waals surface area contributed by atoms with Gasteiger partial charge < -0.3 is 21.1 Å². The monoisotopic (exact) mass is 239 g/mol. The zero-order chi connectivity index (χ0) is 12.4. The Kier molecular flexibility index (Phi) is 3.19. The average molecular weight is 239 g/mol. The molecule has 1 aromatic rings. The molecule has 0 bridgehead atoms. The van der Waals surface area contributed by atoms with Crippen molar-refractivity contribution in [3.8, 4) is 0 Å². The lowest BCUT2D eigenvalue weighted by molar-refractivity contribution is 0.0731. The van der Waals surface area contributed by atoms with Crippen LogP contribution in [0.4, 0.5) is 17.5 Å². The van der Waals surface area contributed by atoms with Gasteiger partial charge in [-0.3, -0.25) is 9.78 Å². The predicted octanol–water partition coefficient (Wildman–Crippen LogP) is -0.0169. The van der Waals surface area contributed by atoms with Crippen LogP contribution >= 0.6 is 0 Å². The lowest BCUT2D eigenvalue weighted by Crippen LogP contribution is -2.40. The topological polar surface area (TPSA) is 105 Å². The first-order chi connectivity index (χ1) is 8.06. The molecule has 0 aliphatic carbocycles. The number of nitrogens with two attached hydrogens (primary N) is 1. The maximum Gasteiger partial charge on any atom is 0.277 e. The number of ether oxygens (including phenoxy) is 1. The molecule has 0 radical (unpaired) electrons. The molecule has 17 heavy (non-hydrogen) atoms. The Bertz CT molecular complexity index is 456. The molecule has 0 aromatic carbocycles. The van der Waals surface area contributed by atoms with Crippen molar-refractivity contribution in [1.82, 2.24) is 9.97 Å². The number of nitrogens with zero attached hydrogens (tertiary/aromatic N) is 1. The molecule has 2 rings (SSSR count). The van der Waals surface area contributed by atoms with E-state index in [1.165, 1.54) is 0 Å². The zero-order valence-electron chi connectivity index (χ0n) is 9.91. The summed E-state index contributed by atoms with van der Waals surface area (Å²) in [4.78, 5) is 18.1. The van der Waals surface area contributed by atoms with E-state index in [1.54, 1.807) is 0 Å². The third-order valence-corrected chi connectivity index (χ3v) is 2.43. The fourth-order valence-corrected chi connectivity index (χ4v) is 1.64. The van der Waals surface area contributed by atoms with Crippen LogP contribution in [0.3, 0.4) is 0 Å². The standard InChI is InChI=1S/C10H17N5O2/c1-5(2)17-4-6-3-12-8-7(13-6)9(16)15-10(11)14-8/h5-6,13H,3-4H2,1-2H3,(H4,11,12,14,15,16). The van der Waals surface area contributed by atoms with E-state index in [0.29, 0.717) is 24.7 Å². The summed E-state index contributed by atoms with van der Waals surface area (Å²) in [5, 5.41) is 6.16. The Morgan fingerprint density at radius 1 is 1.59 bits per heavy atom. The second-order valence-electron chi connectivity index (χ2n) is 4.28. The van der Waals surface area contributed by atoms with Gasteiger partial charge >= 0.3 is 0 Å². The van der Waals surface area contributed by atoms with Crippen molar-refractivity contribution in [2.24, 2.45) is 0 Å². The van der Waals surface area contributed by atoms with Crippen molar-refractivity contribution in [2.45, 2.75) is 26.0 Å². The van der Waals surface area contributed by atoms with Gasteiger partial charge in [0.15, 0.2) is 5.82 Å². The Morgan fingerprint density at radius 2 is 2.35 bits per heavy atom. The molecule has 0 saturated carbocycles. The van der Waals surface area contributed by atoms with E-state index >= 15 is 0 Å². The normalized spacial score (nSPS) is 18.4. The smallest absolute Gasteiger partial charge is 0.277 e. The minimum Gasteiger partial charge on any atom is -0.377 e. The van der Waals surface area contributed by atoms with Gasteiger partial charge in [0.25, 0.3) is 5.56 Å². The summed E-state index contributed by atoms with van der Waals surface area (Å²) in [6.45, 7) is 5.13. The second kappa shape index (κ2) is 4.62. The van der Waals surface area contributed by atoms with Gasteiger partial charge in [-0.1, -0.05) is 0 Å². The van der Waals surface area contributed by atoms with Gasteiger partial charge in [0.05, 0.1) is 18.8 Å². The van der Waals surface area contributed by atoms with Crippen molar-refractivity contribution in [3.05, 3.63) is 10.4 Å². The number of rotatable bonds is 3. The maximum atomic E-state index is 11.6. The molecule has 2 heterocycles. The highest BCUT2D eigenvalue weighted by Gasteiger charge is 2.21. The number of hydrogen-bond donors (Lipinski definition) is 4. The summed E-state index contributed by atoms with van der Waals surface area (Å²) in [6, 6.07) is 0.0522. The van der Waals surface area contributed by atoms with Crippen molar-refractivity contribution in [1.29, 1.82) is 0 Å². The fraction of sp³-hybridized carbons (Fsp3) is 0.600. The molecule has 0 fully saturated rings.